The molecule has 0 radical (unpaired) electrons. The molecule has 0 atom stereocenters. The van der Waals surface area contributed by atoms with Crippen molar-refractivity contribution in [3.8, 4) is 17.1 Å². The predicted octanol–water partition coefficient (Wildman–Crippen LogP) is 4.16. The molecule has 1 aliphatic carbocycles. The maximum atomic E-state index is 14.2. The van der Waals surface area contributed by atoms with Gasteiger partial charge >= 0.3 is 0 Å². The summed E-state index contributed by atoms with van der Waals surface area (Å²) in [7, 11) is 1.59. The molecule has 0 bridgehead atoms. The second kappa shape index (κ2) is 8.02. The molecule has 0 saturated heterocycles. The van der Waals surface area contributed by atoms with Crippen molar-refractivity contribution in [1.29, 1.82) is 0 Å². The molecule has 4 rings (SSSR count). The fraction of sp³-hybridized carbons (Fsp3) is 0.250. The van der Waals surface area contributed by atoms with Gasteiger partial charge in [-0.05, 0) is 49.2 Å². The number of hydrogen-bond donors (Lipinski definition) is 1. The monoisotopic (exact) mass is 398 g/mol. The van der Waals surface area contributed by atoms with Gasteiger partial charge in [0.2, 0.25) is 5.91 Å². The fourth-order valence-electron chi connectivity index (χ4n) is 2.87. The molecule has 8 heteroatoms. The van der Waals surface area contributed by atoms with Crippen molar-refractivity contribution < 1.29 is 13.9 Å². The van der Waals surface area contributed by atoms with Gasteiger partial charge in [-0.15, -0.1) is 10.2 Å². The summed E-state index contributed by atoms with van der Waals surface area (Å²) in [6.45, 7) is 0. The molecule has 1 N–H and O–H groups in total. The number of carbonyl (C=O) groups excluding carboxylic acids is 1. The molecule has 144 valence electrons. The number of carbonyl (C=O) groups is 1. The molecule has 1 saturated carbocycles. The van der Waals surface area contributed by atoms with Crippen molar-refractivity contribution in [2.75, 3.05) is 18.2 Å². The van der Waals surface area contributed by atoms with Crippen LogP contribution in [0, 0.1) is 5.82 Å². The van der Waals surface area contributed by atoms with Crippen molar-refractivity contribution in [3.05, 3.63) is 54.3 Å². The molecule has 1 amide bonds. The Morgan fingerprint density at radius 1 is 1.21 bits per heavy atom. The zero-order chi connectivity index (χ0) is 19.5. The number of rotatable bonds is 7. The minimum atomic E-state index is -0.328. The fourth-order valence-corrected chi connectivity index (χ4v) is 3.67. The molecule has 1 aromatic heterocycles. The van der Waals surface area contributed by atoms with E-state index in [1.807, 2.05) is 4.57 Å². The maximum Gasteiger partial charge on any atom is 0.234 e. The molecule has 3 aromatic rings. The number of aromatic nitrogens is 3. The third kappa shape index (κ3) is 4.01. The summed E-state index contributed by atoms with van der Waals surface area (Å²) in [5.74, 6) is 0.955. The van der Waals surface area contributed by atoms with Crippen LogP contribution in [0.4, 0.5) is 10.1 Å². The van der Waals surface area contributed by atoms with Gasteiger partial charge in [0.25, 0.3) is 0 Å². The van der Waals surface area contributed by atoms with Gasteiger partial charge in [-0.1, -0.05) is 23.9 Å². The van der Waals surface area contributed by atoms with Crippen molar-refractivity contribution in [2.45, 2.75) is 24.0 Å². The highest BCUT2D eigenvalue weighted by Crippen LogP contribution is 2.41. The number of benzene rings is 2. The second-order valence-corrected chi connectivity index (χ2v) is 7.40. The SMILES string of the molecule is COc1ccc(NC(=O)CSc2nnc(-c3ccccc3F)n2C2CC2)cc1. The first-order valence-electron chi connectivity index (χ1n) is 8.92. The lowest BCUT2D eigenvalue weighted by Gasteiger charge is -2.10. The van der Waals surface area contributed by atoms with Crippen LogP contribution in [0.2, 0.25) is 0 Å². The number of amides is 1. The number of nitrogens with zero attached hydrogens (tertiary/aromatic N) is 3. The molecule has 0 spiro atoms. The Kier molecular flexibility index (Phi) is 5.29. The minimum Gasteiger partial charge on any atom is -0.497 e. The van der Waals surface area contributed by atoms with Crippen LogP contribution in [0.15, 0.2) is 53.7 Å². The first-order chi connectivity index (χ1) is 13.7. The average molecular weight is 398 g/mol. The predicted molar refractivity (Wildman–Crippen MR) is 106 cm³/mol. The van der Waals surface area contributed by atoms with Crippen LogP contribution < -0.4 is 10.1 Å². The Morgan fingerprint density at radius 3 is 2.64 bits per heavy atom. The van der Waals surface area contributed by atoms with Gasteiger partial charge in [0, 0.05) is 11.7 Å². The maximum absolute atomic E-state index is 14.2. The molecule has 1 aliphatic rings. The molecule has 28 heavy (non-hydrogen) atoms. The second-order valence-electron chi connectivity index (χ2n) is 6.45. The molecule has 2 aromatic carbocycles. The number of hydrogen-bond acceptors (Lipinski definition) is 5. The number of nitrogens with one attached hydrogen (secondary N) is 1. The summed E-state index contributed by atoms with van der Waals surface area (Å²) >= 11 is 1.30. The lowest BCUT2D eigenvalue weighted by molar-refractivity contribution is -0.113. The molecule has 1 fully saturated rings. The molecule has 0 unspecified atom stereocenters. The summed E-state index contributed by atoms with van der Waals surface area (Å²) in [6, 6.07) is 13.9. The van der Waals surface area contributed by atoms with Crippen LogP contribution in [0.1, 0.15) is 18.9 Å². The number of ether oxygens (including phenoxy) is 1. The number of thioether (sulfide) groups is 1. The smallest absolute Gasteiger partial charge is 0.234 e. The van der Waals surface area contributed by atoms with E-state index >= 15 is 0 Å². The third-order valence-corrected chi connectivity index (χ3v) is 5.34. The van der Waals surface area contributed by atoms with Gasteiger partial charge in [-0.3, -0.25) is 9.36 Å². The van der Waals surface area contributed by atoms with E-state index in [0.717, 1.165) is 18.6 Å². The minimum absolute atomic E-state index is 0.145. The standard InChI is InChI=1S/C20H19FN4O2S/c1-27-15-10-6-13(7-11-15)22-18(26)12-28-20-24-23-19(25(20)14-8-9-14)16-4-2-3-5-17(16)21/h2-7,10-11,14H,8-9,12H2,1H3,(H,22,26). The van der Waals surface area contributed by atoms with Crippen LogP contribution in [-0.4, -0.2) is 33.5 Å². The quantitative estimate of drug-likeness (QED) is 0.605. The van der Waals surface area contributed by atoms with Crippen LogP contribution in [-0.2, 0) is 4.79 Å². The van der Waals surface area contributed by atoms with E-state index in [9.17, 15) is 9.18 Å². The van der Waals surface area contributed by atoms with Crippen LogP contribution in [0.25, 0.3) is 11.4 Å². The number of anilines is 1. The van der Waals surface area contributed by atoms with E-state index in [4.69, 9.17) is 4.74 Å². The molecule has 0 aliphatic heterocycles. The van der Waals surface area contributed by atoms with Gasteiger partial charge < -0.3 is 10.1 Å². The summed E-state index contributed by atoms with van der Waals surface area (Å²) < 4.78 is 21.3. The van der Waals surface area contributed by atoms with Gasteiger partial charge in [-0.25, -0.2) is 4.39 Å². The Balaban J connectivity index is 1.46. The Labute approximate surface area is 166 Å². The van der Waals surface area contributed by atoms with Crippen molar-refractivity contribution in [3.63, 3.8) is 0 Å². The van der Waals surface area contributed by atoms with Crippen molar-refractivity contribution in [1.82, 2.24) is 14.8 Å². The Morgan fingerprint density at radius 2 is 1.96 bits per heavy atom. The lowest BCUT2D eigenvalue weighted by Crippen LogP contribution is -2.14. The van der Waals surface area contributed by atoms with Crippen molar-refractivity contribution >= 4 is 23.4 Å². The summed E-state index contributed by atoms with van der Waals surface area (Å²) in [5.41, 5.74) is 1.12. The topological polar surface area (TPSA) is 69.0 Å². The van der Waals surface area contributed by atoms with Gasteiger partial charge in [-0.2, -0.15) is 0 Å². The highest BCUT2D eigenvalue weighted by molar-refractivity contribution is 7.99. The third-order valence-electron chi connectivity index (χ3n) is 4.40. The zero-order valence-corrected chi connectivity index (χ0v) is 16.1. The van der Waals surface area contributed by atoms with E-state index < -0.39 is 0 Å². The van der Waals surface area contributed by atoms with E-state index in [1.165, 1.54) is 17.8 Å². The highest BCUT2D eigenvalue weighted by atomic mass is 32.2. The van der Waals surface area contributed by atoms with E-state index in [-0.39, 0.29) is 23.5 Å². The largest absolute Gasteiger partial charge is 0.497 e. The molecule has 1 heterocycles. The average Bonchev–Trinajstić information content (AvgIpc) is 3.47. The van der Waals surface area contributed by atoms with Crippen LogP contribution in [0.3, 0.4) is 0 Å². The van der Waals surface area contributed by atoms with Crippen LogP contribution in [0.5, 0.6) is 5.75 Å². The first-order valence-corrected chi connectivity index (χ1v) is 9.91. The van der Waals surface area contributed by atoms with Crippen LogP contribution >= 0.6 is 11.8 Å². The van der Waals surface area contributed by atoms with E-state index in [1.54, 1.807) is 49.6 Å². The summed E-state index contributed by atoms with van der Waals surface area (Å²) in [6.07, 6.45) is 2.01. The molecular formula is C20H19FN4O2S. The van der Waals surface area contributed by atoms with Gasteiger partial charge in [0.05, 0.1) is 18.4 Å². The zero-order valence-electron chi connectivity index (χ0n) is 15.3. The lowest BCUT2D eigenvalue weighted by atomic mass is 10.2. The summed E-state index contributed by atoms with van der Waals surface area (Å²) in [5, 5.41) is 11.9. The Hall–Kier alpha value is -2.87. The first kappa shape index (κ1) is 18.5. The van der Waals surface area contributed by atoms with Gasteiger partial charge in [0.1, 0.15) is 11.6 Å². The van der Waals surface area contributed by atoms with E-state index in [2.05, 4.69) is 15.5 Å². The van der Waals surface area contributed by atoms with Gasteiger partial charge in [0.15, 0.2) is 11.0 Å². The van der Waals surface area contributed by atoms with Crippen molar-refractivity contribution in [2.24, 2.45) is 0 Å². The number of halogens is 1. The molecule has 6 nitrogen and oxygen atoms in total. The Bertz CT molecular complexity index is 986. The normalized spacial score (nSPS) is 13.4. The molecular weight excluding hydrogens is 379 g/mol. The number of methoxy groups -OCH3 is 1. The highest BCUT2D eigenvalue weighted by Gasteiger charge is 2.31. The summed E-state index contributed by atoms with van der Waals surface area (Å²) in [4.78, 5) is 12.3. The van der Waals surface area contributed by atoms with E-state index in [0.29, 0.717) is 22.2 Å².